The molecule has 0 radical (unpaired) electrons. The first-order chi connectivity index (χ1) is 9.74. The highest BCUT2D eigenvalue weighted by atomic mass is 79.9. The number of allylic oxidation sites excluding steroid dienone is 1. The zero-order valence-corrected chi connectivity index (χ0v) is 12.7. The van der Waals surface area contributed by atoms with E-state index in [0.29, 0.717) is 0 Å². The molecule has 2 aromatic carbocycles. The van der Waals surface area contributed by atoms with Crippen LogP contribution in [0, 0.1) is 0 Å². The van der Waals surface area contributed by atoms with E-state index in [9.17, 15) is 4.79 Å². The fourth-order valence-corrected chi connectivity index (χ4v) is 2.88. The number of Topliss-reactive ketones (excluding diaryl/α,β-unsaturated/α-hetero) is 1. The predicted octanol–water partition coefficient (Wildman–Crippen LogP) is 5.05. The maximum atomic E-state index is 12.6. The van der Waals surface area contributed by atoms with E-state index in [2.05, 4.69) is 22.0 Å². The molecule has 0 saturated carbocycles. The average molecular weight is 327 g/mol. The molecule has 3 rings (SSSR count). The van der Waals surface area contributed by atoms with Crippen molar-refractivity contribution in [1.29, 1.82) is 0 Å². The molecule has 1 aliphatic rings. The summed E-state index contributed by atoms with van der Waals surface area (Å²) in [7, 11) is 0. The maximum absolute atomic E-state index is 12.6. The Labute approximate surface area is 127 Å². The Hall–Kier alpha value is -1.67. The number of fused-ring (bicyclic) bond motifs is 1. The van der Waals surface area contributed by atoms with E-state index >= 15 is 0 Å². The third-order valence-electron chi connectivity index (χ3n) is 3.66. The summed E-state index contributed by atoms with van der Waals surface area (Å²) in [5.74, 6) is 0.181. The lowest BCUT2D eigenvalue weighted by atomic mass is 9.98. The number of benzene rings is 2. The van der Waals surface area contributed by atoms with Gasteiger partial charge >= 0.3 is 0 Å². The molecule has 0 fully saturated rings. The van der Waals surface area contributed by atoms with Crippen molar-refractivity contribution in [2.75, 3.05) is 0 Å². The fourth-order valence-electron chi connectivity index (χ4n) is 2.61. The third-order valence-corrected chi connectivity index (χ3v) is 4.19. The number of rotatable bonds is 1. The molecule has 0 spiro atoms. The Kier molecular flexibility index (Phi) is 3.83. The average Bonchev–Trinajstić information content (AvgIpc) is 2.62. The first kappa shape index (κ1) is 13.3. The first-order valence-electron chi connectivity index (χ1n) is 6.83. The quantitative estimate of drug-likeness (QED) is 0.529. The molecule has 100 valence electrons. The van der Waals surface area contributed by atoms with Gasteiger partial charge in [0.1, 0.15) is 0 Å². The summed E-state index contributed by atoms with van der Waals surface area (Å²) in [5.41, 5.74) is 4.04. The number of hydrogen-bond acceptors (Lipinski definition) is 1. The molecule has 2 heteroatoms. The van der Waals surface area contributed by atoms with Gasteiger partial charge < -0.3 is 0 Å². The van der Waals surface area contributed by atoms with E-state index in [-0.39, 0.29) is 5.78 Å². The summed E-state index contributed by atoms with van der Waals surface area (Å²) in [6, 6.07) is 16.0. The van der Waals surface area contributed by atoms with Gasteiger partial charge in [-0.25, -0.2) is 0 Å². The van der Waals surface area contributed by atoms with Gasteiger partial charge in [0.15, 0.2) is 5.78 Å². The van der Waals surface area contributed by atoms with Crippen molar-refractivity contribution in [1.82, 2.24) is 0 Å². The predicted molar refractivity (Wildman–Crippen MR) is 85.8 cm³/mol. The Morgan fingerprint density at radius 2 is 1.70 bits per heavy atom. The zero-order valence-electron chi connectivity index (χ0n) is 11.1. The van der Waals surface area contributed by atoms with Crippen molar-refractivity contribution in [3.05, 3.63) is 75.3 Å². The van der Waals surface area contributed by atoms with Gasteiger partial charge in [0.2, 0.25) is 0 Å². The zero-order chi connectivity index (χ0) is 13.9. The molecule has 0 heterocycles. The Morgan fingerprint density at radius 1 is 0.950 bits per heavy atom. The SMILES string of the molecule is O=C1/C(=C/c2ccc(Br)cc2)CCCc2ccccc21. The molecule has 1 aliphatic carbocycles. The lowest BCUT2D eigenvalue weighted by Gasteiger charge is -2.05. The topological polar surface area (TPSA) is 17.1 Å². The van der Waals surface area contributed by atoms with Gasteiger partial charge in [-0.05, 0) is 48.6 Å². The molecule has 0 aromatic heterocycles. The van der Waals surface area contributed by atoms with Crippen LogP contribution in [0.15, 0.2) is 58.6 Å². The number of hydrogen-bond donors (Lipinski definition) is 0. The van der Waals surface area contributed by atoms with E-state index in [1.165, 1.54) is 5.56 Å². The fraction of sp³-hybridized carbons (Fsp3) is 0.167. The Balaban J connectivity index is 1.98. The number of carbonyl (C=O) groups excluding carboxylic acids is 1. The van der Waals surface area contributed by atoms with Crippen LogP contribution in [-0.4, -0.2) is 5.78 Å². The largest absolute Gasteiger partial charge is 0.289 e. The lowest BCUT2D eigenvalue weighted by Crippen LogP contribution is -2.03. The van der Waals surface area contributed by atoms with Gasteiger partial charge in [0, 0.05) is 15.6 Å². The second kappa shape index (κ2) is 5.76. The highest BCUT2D eigenvalue weighted by molar-refractivity contribution is 9.10. The molecule has 0 aliphatic heterocycles. The first-order valence-corrected chi connectivity index (χ1v) is 7.62. The van der Waals surface area contributed by atoms with Gasteiger partial charge in [-0.3, -0.25) is 4.79 Å². The van der Waals surface area contributed by atoms with Gasteiger partial charge in [-0.15, -0.1) is 0 Å². The summed E-state index contributed by atoms with van der Waals surface area (Å²) in [6.07, 6.45) is 4.89. The van der Waals surface area contributed by atoms with Gasteiger partial charge in [-0.2, -0.15) is 0 Å². The second-order valence-corrected chi connectivity index (χ2v) is 5.98. The van der Waals surface area contributed by atoms with Crippen molar-refractivity contribution in [3.63, 3.8) is 0 Å². The second-order valence-electron chi connectivity index (χ2n) is 5.06. The van der Waals surface area contributed by atoms with Crippen LogP contribution in [0.5, 0.6) is 0 Å². The van der Waals surface area contributed by atoms with Crippen LogP contribution in [0.1, 0.15) is 34.3 Å². The van der Waals surface area contributed by atoms with Crippen LogP contribution in [0.2, 0.25) is 0 Å². The molecule has 0 bridgehead atoms. The van der Waals surface area contributed by atoms with E-state index in [1.54, 1.807) is 0 Å². The number of aryl methyl sites for hydroxylation is 1. The molecule has 0 unspecified atom stereocenters. The van der Waals surface area contributed by atoms with Gasteiger partial charge in [0.05, 0.1) is 0 Å². The van der Waals surface area contributed by atoms with Crippen LogP contribution < -0.4 is 0 Å². The summed E-state index contributed by atoms with van der Waals surface area (Å²) in [5, 5.41) is 0. The van der Waals surface area contributed by atoms with Gasteiger partial charge in [-0.1, -0.05) is 52.3 Å². The molecular formula is C18H15BrO. The number of carbonyl (C=O) groups is 1. The smallest absolute Gasteiger partial charge is 0.189 e. The Bertz CT molecular complexity index is 668. The molecular weight excluding hydrogens is 312 g/mol. The number of halogens is 1. The molecule has 20 heavy (non-hydrogen) atoms. The van der Waals surface area contributed by atoms with E-state index in [4.69, 9.17) is 0 Å². The van der Waals surface area contributed by atoms with Crippen molar-refractivity contribution < 1.29 is 4.79 Å². The molecule has 2 aromatic rings. The van der Waals surface area contributed by atoms with Crippen molar-refractivity contribution in [2.45, 2.75) is 19.3 Å². The van der Waals surface area contributed by atoms with Crippen molar-refractivity contribution >= 4 is 27.8 Å². The molecule has 0 saturated heterocycles. The Morgan fingerprint density at radius 3 is 2.50 bits per heavy atom. The van der Waals surface area contributed by atoms with Crippen LogP contribution in [0.4, 0.5) is 0 Å². The summed E-state index contributed by atoms with van der Waals surface area (Å²) < 4.78 is 1.05. The van der Waals surface area contributed by atoms with E-state index in [1.807, 2.05) is 48.5 Å². The minimum absolute atomic E-state index is 0.181. The maximum Gasteiger partial charge on any atom is 0.189 e. The molecule has 0 atom stereocenters. The molecule has 0 amide bonds. The van der Waals surface area contributed by atoms with Crippen LogP contribution in [0.25, 0.3) is 6.08 Å². The monoisotopic (exact) mass is 326 g/mol. The van der Waals surface area contributed by atoms with Crippen LogP contribution >= 0.6 is 15.9 Å². The molecule has 1 nitrogen and oxygen atoms in total. The van der Waals surface area contributed by atoms with Crippen LogP contribution in [0.3, 0.4) is 0 Å². The van der Waals surface area contributed by atoms with Crippen molar-refractivity contribution in [3.8, 4) is 0 Å². The summed E-state index contributed by atoms with van der Waals surface area (Å²) in [4.78, 5) is 12.6. The van der Waals surface area contributed by atoms with E-state index < -0.39 is 0 Å². The number of ketones is 1. The minimum atomic E-state index is 0.181. The highest BCUT2D eigenvalue weighted by Crippen LogP contribution is 2.26. The lowest BCUT2D eigenvalue weighted by molar-refractivity contribution is 0.103. The van der Waals surface area contributed by atoms with Crippen LogP contribution in [-0.2, 0) is 6.42 Å². The standard InChI is InChI=1S/C18H15BrO/c19-16-10-8-13(9-11-16)12-15-6-3-5-14-4-1-2-7-17(14)18(15)20/h1-2,4,7-12H,3,5-6H2/b15-12+. The summed E-state index contributed by atoms with van der Waals surface area (Å²) >= 11 is 3.43. The van der Waals surface area contributed by atoms with Crippen molar-refractivity contribution in [2.24, 2.45) is 0 Å². The normalized spacial score (nSPS) is 16.9. The summed E-state index contributed by atoms with van der Waals surface area (Å²) in [6.45, 7) is 0. The minimum Gasteiger partial charge on any atom is -0.289 e. The highest BCUT2D eigenvalue weighted by Gasteiger charge is 2.19. The third kappa shape index (κ3) is 2.75. The van der Waals surface area contributed by atoms with E-state index in [0.717, 1.165) is 40.4 Å². The van der Waals surface area contributed by atoms with Gasteiger partial charge in [0.25, 0.3) is 0 Å². The molecule has 0 N–H and O–H groups in total.